The van der Waals surface area contributed by atoms with E-state index in [9.17, 15) is 4.79 Å². The Labute approximate surface area is 137 Å². The van der Waals surface area contributed by atoms with Crippen molar-refractivity contribution in [3.63, 3.8) is 0 Å². The van der Waals surface area contributed by atoms with Crippen LogP contribution in [-0.4, -0.2) is 12.5 Å². The highest BCUT2D eigenvalue weighted by Gasteiger charge is 2.07. The molecule has 2 nitrogen and oxygen atoms in total. The van der Waals surface area contributed by atoms with E-state index in [0.717, 1.165) is 14.7 Å². The van der Waals surface area contributed by atoms with Gasteiger partial charge in [-0.05, 0) is 52.7 Å². The fourth-order valence-electron chi connectivity index (χ4n) is 1.57. The number of thiophene rings is 1. The van der Waals surface area contributed by atoms with Gasteiger partial charge in [0, 0.05) is 26.5 Å². The Balaban J connectivity index is 1.90. The average Bonchev–Trinajstić information content (AvgIpc) is 2.73. The first-order valence-electron chi connectivity index (χ1n) is 5.53. The largest absolute Gasteiger partial charge is 0.352 e. The first kappa shape index (κ1) is 15.0. The lowest BCUT2D eigenvalue weighted by Gasteiger charge is -2.05. The van der Waals surface area contributed by atoms with Gasteiger partial charge >= 0.3 is 0 Å². The average molecular weight is 424 g/mol. The zero-order chi connectivity index (χ0) is 13.8. The van der Waals surface area contributed by atoms with E-state index >= 15 is 0 Å². The molecule has 0 aliphatic carbocycles. The third-order valence-corrected chi connectivity index (χ3v) is 4.77. The summed E-state index contributed by atoms with van der Waals surface area (Å²) in [6.45, 7) is 0.607. The number of halogens is 3. The Morgan fingerprint density at radius 1 is 1.26 bits per heavy atom. The Hall–Kier alpha value is -0.360. The smallest absolute Gasteiger partial charge is 0.251 e. The Kier molecular flexibility index (Phi) is 5.45. The zero-order valence-corrected chi connectivity index (χ0v) is 14.5. The summed E-state index contributed by atoms with van der Waals surface area (Å²) in [5, 5.41) is 3.43. The zero-order valence-electron chi connectivity index (χ0n) is 9.75. The summed E-state index contributed by atoms with van der Waals surface area (Å²) in [6, 6.07) is 9.22. The maximum Gasteiger partial charge on any atom is 0.251 e. The number of hydrogen-bond acceptors (Lipinski definition) is 2. The van der Waals surface area contributed by atoms with Crippen LogP contribution in [0.2, 0.25) is 5.02 Å². The monoisotopic (exact) mass is 421 g/mol. The molecule has 0 aliphatic heterocycles. The number of hydrogen-bond donors (Lipinski definition) is 1. The van der Waals surface area contributed by atoms with Crippen LogP contribution in [0, 0.1) is 0 Å². The quantitative estimate of drug-likeness (QED) is 0.745. The van der Waals surface area contributed by atoms with Crippen LogP contribution in [0.5, 0.6) is 0 Å². The molecule has 2 aromatic rings. The minimum absolute atomic E-state index is 0.112. The van der Waals surface area contributed by atoms with Gasteiger partial charge in [0.1, 0.15) is 0 Å². The summed E-state index contributed by atoms with van der Waals surface area (Å²) in [4.78, 5) is 13.2. The van der Waals surface area contributed by atoms with Gasteiger partial charge in [-0.15, -0.1) is 11.3 Å². The maximum atomic E-state index is 11.9. The highest BCUT2D eigenvalue weighted by Crippen LogP contribution is 2.22. The van der Waals surface area contributed by atoms with Gasteiger partial charge in [0.25, 0.3) is 5.91 Å². The third kappa shape index (κ3) is 4.60. The molecular weight excluding hydrogens is 413 g/mol. The highest BCUT2D eigenvalue weighted by atomic mass is 79.9. The number of carbonyl (C=O) groups excluding carboxylic acids is 1. The molecule has 1 aromatic carbocycles. The Morgan fingerprint density at radius 3 is 2.68 bits per heavy atom. The van der Waals surface area contributed by atoms with E-state index in [4.69, 9.17) is 11.6 Å². The Morgan fingerprint density at radius 2 is 2.05 bits per heavy atom. The molecule has 0 saturated carbocycles. The molecule has 19 heavy (non-hydrogen) atoms. The van der Waals surface area contributed by atoms with E-state index in [1.54, 1.807) is 29.5 Å². The molecule has 0 radical (unpaired) electrons. The van der Waals surface area contributed by atoms with Crippen molar-refractivity contribution in [1.29, 1.82) is 0 Å². The highest BCUT2D eigenvalue weighted by molar-refractivity contribution is 9.11. The molecule has 1 aromatic heterocycles. The summed E-state index contributed by atoms with van der Waals surface area (Å²) >= 11 is 14.3. The molecule has 100 valence electrons. The number of benzene rings is 1. The van der Waals surface area contributed by atoms with E-state index in [-0.39, 0.29) is 5.91 Å². The molecule has 0 saturated heterocycles. The van der Waals surface area contributed by atoms with Crippen LogP contribution < -0.4 is 5.32 Å². The van der Waals surface area contributed by atoms with Crippen LogP contribution in [0.15, 0.2) is 38.6 Å². The predicted octanol–water partition coefficient (Wildman–Crippen LogP) is 4.90. The topological polar surface area (TPSA) is 29.1 Å². The molecule has 0 aliphatic rings. The first-order valence-corrected chi connectivity index (χ1v) is 8.31. The van der Waals surface area contributed by atoms with Crippen molar-refractivity contribution in [2.24, 2.45) is 0 Å². The molecule has 2 rings (SSSR count). The summed E-state index contributed by atoms with van der Waals surface area (Å²) < 4.78 is 1.90. The van der Waals surface area contributed by atoms with Crippen LogP contribution >= 0.6 is 54.8 Å². The molecule has 0 spiro atoms. The summed E-state index contributed by atoms with van der Waals surface area (Å²) in [7, 11) is 0. The summed E-state index contributed by atoms with van der Waals surface area (Å²) in [5.74, 6) is -0.112. The number of amides is 1. The van der Waals surface area contributed by atoms with Crippen LogP contribution in [0.25, 0.3) is 0 Å². The molecule has 6 heteroatoms. The van der Waals surface area contributed by atoms with Gasteiger partial charge in [-0.3, -0.25) is 4.79 Å². The minimum Gasteiger partial charge on any atom is -0.352 e. The van der Waals surface area contributed by atoms with E-state index in [1.165, 1.54) is 4.88 Å². The molecule has 0 fully saturated rings. The number of nitrogens with one attached hydrogen (secondary N) is 1. The van der Waals surface area contributed by atoms with Gasteiger partial charge in [-0.25, -0.2) is 0 Å². The maximum absolute atomic E-state index is 11.9. The molecular formula is C13H10Br2ClNOS. The molecule has 1 N–H and O–H groups in total. The summed E-state index contributed by atoms with van der Waals surface area (Å²) in [6.07, 6.45) is 0.823. The van der Waals surface area contributed by atoms with Crippen LogP contribution in [0.4, 0.5) is 0 Å². The van der Waals surface area contributed by atoms with Crippen molar-refractivity contribution >= 4 is 60.7 Å². The van der Waals surface area contributed by atoms with Crippen LogP contribution in [0.1, 0.15) is 15.2 Å². The second-order valence-corrected chi connectivity index (χ2v) is 7.77. The standard InChI is InChI=1S/C13H10Br2ClNOS/c14-9-5-8(6-10(16)7-9)13(18)17-4-3-11-1-2-12(15)19-11/h1-2,5-7H,3-4H2,(H,17,18). The molecule has 1 heterocycles. The van der Waals surface area contributed by atoms with Crippen molar-refractivity contribution in [1.82, 2.24) is 5.32 Å². The van der Waals surface area contributed by atoms with Crippen molar-refractivity contribution in [3.05, 3.63) is 54.1 Å². The predicted molar refractivity (Wildman–Crippen MR) is 87.2 cm³/mol. The lowest BCUT2D eigenvalue weighted by Crippen LogP contribution is -2.25. The van der Waals surface area contributed by atoms with Gasteiger partial charge in [0.05, 0.1) is 3.79 Å². The van der Waals surface area contributed by atoms with Crippen LogP contribution in [0.3, 0.4) is 0 Å². The molecule has 0 unspecified atom stereocenters. The van der Waals surface area contributed by atoms with E-state index < -0.39 is 0 Å². The molecule has 0 bridgehead atoms. The third-order valence-electron chi connectivity index (χ3n) is 2.41. The van der Waals surface area contributed by atoms with Gasteiger partial charge < -0.3 is 5.32 Å². The number of carbonyl (C=O) groups is 1. The van der Waals surface area contributed by atoms with E-state index in [2.05, 4.69) is 43.2 Å². The number of rotatable bonds is 4. The fraction of sp³-hybridized carbons (Fsp3) is 0.154. The molecule has 0 atom stereocenters. The van der Waals surface area contributed by atoms with E-state index in [0.29, 0.717) is 17.1 Å². The molecule has 1 amide bonds. The first-order chi connectivity index (χ1) is 9.04. The fourth-order valence-corrected chi connectivity index (χ4v) is 3.92. The van der Waals surface area contributed by atoms with Gasteiger partial charge in [-0.2, -0.15) is 0 Å². The normalized spacial score (nSPS) is 10.5. The SMILES string of the molecule is O=C(NCCc1ccc(Br)s1)c1cc(Cl)cc(Br)c1. The summed E-state index contributed by atoms with van der Waals surface area (Å²) in [5.41, 5.74) is 0.562. The van der Waals surface area contributed by atoms with Crippen molar-refractivity contribution in [3.8, 4) is 0 Å². The van der Waals surface area contributed by atoms with Crippen molar-refractivity contribution in [2.45, 2.75) is 6.42 Å². The van der Waals surface area contributed by atoms with Gasteiger partial charge in [-0.1, -0.05) is 27.5 Å². The van der Waals surface area contributed by atoms with E-state index in [1.807, 2.05) is 6.07 Å². The Bertz CT molecular complexity index is 580. The second-order valence-electron chi connectivity index (χ2n) is 3.87. The van der Waals surface area contributed by atoms with Crippen molar-refractivity contribution < 1.29 is 4.79 Å². The van der Waals surface area contributed by atoms with Crippen LogP contribution in [-0.2, 0) is 6.42 Å². The lowest BCUT2D eigenvalue weighted by atomic mass is 10.2. The lowest BCUT2D eigenvalue weighted by molar-refractivity contribution is 0.0954. The van der Waals surface area contributed by atoms with Crippen molar-refractivity contribution in [2.75, 3.05) is 6.54 Å². The van der Waals surface area contributed by atoms with Gasteiger partial charge in [0.15, 0.2) is 0 Å². The second kappa shape index (κ2) is 6.88. The minimum atomic E-state index is -0.112. The van der Waals surface area contributed by atoms with Gasteiger partial charge in [0.2, 0.25) is 0 Å².